The fourth-order valence-electron chi connectivity index (χ4n) is 2.24. The predicted molar refractivity (Wildman–Crippen MR) is 67.4 cm³/mol. The Morgan fingerprint density at radius 1 is 0.882 bits per heavy atom. The summed E-state index contributed by atoms with van der Waals surface area (Å²) in [5, 5.41) is 0. The molecule has 86 valence electrons. The number of fused-ring (bicyclic) bond motifs is 1. The van der Waals surface area contributed by atoms with Gasteiger partial charge >= 0.3 is 0 Å². The van der Waals surface area contributed by atoms with Gasteiger partial charge in [0.05, 0.1) is 19.3 Å². The lowest BCUT2D eigenvalue weighted by molar-refractivity contribution is 0.134. The molecule has 2 nitrogen and oxygen atoms in total. The summed E-state index contributed by atoms with van der Waals surface area (Å²) in [4.78, 5) is 0. The van der Waals surface area contributed by atoms with E-state index in [1.54, 1.807) is 0 Å². The molecular weight excluding hydrogens is 210 g/mol. The minimum Gasteiger partial charge on any atom is -0.372 e. The maximum Gasteiger partial charge on any atom is 0.0725 e. The molecule has 0 aromatic heterocycles. The molecule has 1 unspecified atom stereocenters. The van der Waals surface area contributed by atoms with Gasteiger partial charge in [-0.1, -0.05) is 48.5 Å². The summed E-state index contributed by atoms with van der Waals surface area (Å²) in [6.07, 6.45) is 0. The van der Waals surface area contributed by atoms with Crippen LogP contribution in [0, 0.1) is 0 Å². The van der Waals surface area contributed by atoms with Crippen molar-refractivity contribution in [3.05, 3.63) is 70.8 Å². The first-order valence-electron chi connectivity index (χ1n) is 5.84. The Morgan fingerprint density at radius 2 is 1.65 bits per heavy atom. The van der Waals surface area contributed by atoms with Crippen molar-refractivity contribution in [2.45, 2.75) is 19.3 Å². The molecule has 2 aromatic carbocycles. The van der Waals surface area contributed by atoms with Crippen LogP contribution in [0.5, 0.6) is 0 Å². The largest absolute Gasteiger partial charge is 0.372 e. The van der Waals surface area contributed by atoms with Crippen LogP contribution in [-0.4, -0.2) is 0 Å². The zero-order chi connectivity index (χ0) is 11.7. The molecule has 0 amide bonds. The fraction of sp³-hybridized carbons (Fsp3) is 0.200. The van der Waals surface area contributed by atoms with Gasteiger partial charge in [-0.2, -0.15) is 0 Å². The van der Waals surface area contributed by atoms with E-state index in [0.717, 1.165) is 17.7 Å². The van der Waals surface area contributed by atoms with Gasteiger partial charge in [-0.25, -0.2) is 0 Å². The first-order valence-corrected chi connectivity index (χ1v) is 5.84. The van der Waals surface area contributed by atoms with Gasteiger partial charge in [0.15, 0.2) is 0 Å². The Morgan fingerprint density at radius 3 is 2.47 bits per heavy atom. The van der Waals surface area contributed by atoms with E-state index >= 15 is 0 Å². The molecule has 17 heavy (non-hydrogen) atoms. The molecule has 2 aromatic rings. The van der Waals surface area contributed by atoms with Crippen LogP contribution < -0.4 is 5.73 Å². The lowest BCUT2D eigenvalue weighted by atomic mass is 9.96. The molecule has 1 aliphatic rings. The quantitative estimate of drug-likeness (QED) is 0.853. The maximum atomic E-state index is 6.27. The Labute approximate surface area is 101 Å². The molecule has 2 N–H and O–H groups in total. The van der Waals surface area contributed by atoms with Crippen LogP contribution >= 0.6 is 0 Å². The van der Waals surface area contributed by atoms with Crippen LogP contribution in [0.3, 0.4) is 0 Å². The third kappa shape index (κ3) is 1.97. The topological polar surface area (TPSA) is 35.2 Å². The van der Waals surface area contributed by atoms with Crippen LogP contribution in [0.25, 0.3) is 0 Å². The van der Waals surface area contributed by atoms with Gasteiger partial charge in [-0.3, -0.25) is 0 Å². The highest BCUT2D eigenvalue weighted by Crippen LogP contribution is 2.25. The standard InChI is InChI=1S/C15H15NO/c16-15(11-4-2-1-3-5-11)12-6-7-13-9-17-10-14(13)8-12/h1-8,15H,9-10,16H2. The van der Waals surface area contributed by atoms with Gasteiger partial charge in [0.25, 0.3) is 0 Å². The first-order chi connectivity index (χ1) is 8.34. The molecule has 0 fully saturated rings. The highest BCUT2D eigenvalue weighted by atomic mass is 16.5. The van der Waals surface area contributed by atoms with Gasteiger partial charge < -0.3 is 10.5 Å². The highest BCUT2D eigenvalue weighted by Gasteiger charge is 2.14. The van der Waals surface area contributed by atoms with E-state index in [-0.39, 0.29) is 6.04 Å². The summed E-state index contributed by atoms with van der Waals surface area (Å²) in [6.45, 7) is 1.45. The van der Waals surface area contributed by atoms with Crippen molar-refractivity contribution < 1.29 is 4.74 Å². The van der Waals surface area contributed by atoms with Crippen molar-refractivity contribution in [1.29, 1.82) is 0 Å². The number of benzene rings is 2. The summed E-state index contributed by atoms with van der Waals surface area (Å²) < 4.78 is 5.41. The number of hydrogen-bond acceptors (Lipinski definition) is 2. The van der Waals surface area contributed by atoms with Gasteiger partial charge in [-0.15, -0.1) is 0 Å². The molecule has 0 aliphatic carbocycles. The molecule has 0 radical (unpaired) electrons. The second-order valence-electron chi connectivity index (χ2n) is 4.41. The van der Waals surface area contributed by atoms with E-state index in [1.807, 2.05) is 18.2 Å². The normalized spacial score (nSPS) is 15.6. The van der Waals surface area contributed by atoms with Crippen LogP contribution in [0.4, 0.5) is 0 Å². The molecule has 0 spiro atoms. The van der Waals surface area contributed by atoms with E-state index < -0.39 is 0 Å². The predicted octanol–water partition coefficient (Wildman–Crippen LogP) is 2.76. The fourth-order valence-corrected chi connectivity index (χ4v) is 2.24. The molecule has 1 aliphatic heterocycles. The molecule has 1 heterocycles. The number of hydrogen-bond donors (Lipinski definition) is 1. The number of ether oxygens (including phenoxy) is 1. The van der Waals surface area contributed by atoms with Crippen molar-refractivity contribution in [2.75, 3.05) is 0 Å². The van der Waals surface area contributed by atoms with E-state index in [1.165, 1.54) is 11.1 Å². The molecule has 0 saturated carbocycles. The number of nitrogens with two attached hydrogens (primary N) is 1. The van der Waals surface area contributed by atoms with Crippen LogP contribution in [0.1, 0.15) is 28.3 Å². The smallest absolute Gasteiger partial charge is 0.0725 e. The summed E-state index contributed by atoms with van der Waals surface area (Å²) in [5.74, 6) is 0. The minimum absolute atomic E-state index is 0.0536. The zero-order valence-electron chi connectivity index (χ0n) is 9.60. The Balaban J connectivity index is 1.94. The van der Waals surface area contributed by atoms with Crippen molar-refractivity contribution in [3.63, 3.8) is 0 Å². The Hall–Kier alpha value is -1.64. The van der Waals surface area contributed by atoms with Crippen LogP contribution in [0.2, 0.25) is 0 Å². The maximum absolute atomic E-state index is 6.27. The monoisotopic (exact) mass is 225 g/mol. The van der Waals surface area contributed by atoms with Gasteiger partial charge in [0.1, 0.15) is 0 Å². The average molecular weight is 225 g/mol. The van der Waals surface area contributed by atoms with Gasteiger partial charge in [0, 0.05) is 0 Å². The first kappa shape index (κ1) is 10.5. The van der Waals surface area contributed by atoms with E-state index in [2.05, 4.69) is 30.3 Å². The Bertz CT molecular complexity index is 522. The summed E-state index contributed by atoms with van der Waals surface area (Å²) in [6, 6.07) is 16.5. The van der Waals surface area contributed by atoms with Crippen molar-refractivity contribution >= 4 is 0 Å². The summed E-state index contributed by atoms with van der Waals surface area (Å²) >= 11 is 0. The van der Waals surface area contributed by atoms with Crippen molar-refractivity contribution in [2.24, 2.45) is 5.73 Å². The molecule has 0 saturated heterocycles. The SMILES string of the molecule is NC(c1ccccc1)c1ccc2c(c1)COC2. The number of rotatable bonds is 2. The molecule has 3 rings (SSSR count). The lowest BCUT2D eigenvalue weighted by Gasteiger charge is -2.13. The molecule has 0 bridgehead atoms. The molecule has 2 heteroatoms. The van der Waals surface area contributed by atoms with Gasteiger partial charge in [-0.05, 0) is 22.3 Å². The highest BCUT2D eigenvalue weighted by molar-refractivity contribution is 5.38. The molecular formula is C15H15NO. The van der Waals surface area contributed by atoms with E-state index in [0.29, 0.717) is 6.61 Å². The van der Waals surface area contributed by atoms with Gasteiger partial charge in [0.2, 0.25) is 0 Å². The second kappa shape index (κ2) is 4.32. The minimum atomic E-state index is -0.0536. The second-order valence-corrected chi connectivity index (χ2v) is 4.41. The third-order valence-electron chi connectivity index (χ3n) is 3.26. The van der Waals surface area contributed by atoms with Crippen molar-refractivity contribution in [3.8, 4) is 0 Å². The average Bonchev–Trinajstić information content (AvgIpc) is 2.86. The van der Waals surface area contributed by atoms with Crippen LogP contribution in [-0.2, 0) is 18.0 Å². The van der Waals surface area contributed by atoms with Crippen molar-refractivity contribution in [1.82, 2.24) is 0 Å². The lowest BCUT2D eigenvalue weighted by Crippen LogP contribution is -2.11. The third-order valence-corrected chi connectivity index (χ3v) is 3.26. The van der Waals surface area contributed by atoms with E-state index in [9.17, 15) is 0 Å². The van der Waals surface area contributed by atoms with E-state index in [4.69, 9.17) is 10.5 Å². The van der Waals surface area contributed by atoms with Crippen LogP contribution in [0.15, 0.2) is 48.5 Å². The zero-order valence-corrected chi connectivity index (χ0v) is 9.60. The Kier molecular flexibility index (Phi) is 2.67. The molecule has 1 atom stereocenters. The summed E-state index contributed by atoms with van der Waals surface area (Å²) in [5.41, 5.74) is 11.1. The summed E-state index contributed by atoms with van der Waals surface area (Å²) in [7, 11) is 0.